The molecule has 0 saturated carbocycles. The maximum atomic E-state index is 12.1. The SMILES string of the molecule is O=C(O)Cc1cccc(OC(F)(F)F)c1OC(F)F. The van der Waals surface area contributed by atoms with E-state index < -0.39 is 36.9 Å². The number of rotatable bonds is 5. The van der Waals surface area contributed by atoms with Crippen molar-refractivity contribution in [2.24, 2.45) is 0 Å². The summed E-state index contributed by atoms with van der Waals surface area (Å²) in [6.45, 7) is -3.41. The molecule has 0 saturated heterocycles. The van der Waals surface area contributed by atoms with Crippen LogP contribution in [0.1, 0.15) is 5.56 Å². The fourth-order valence-electron chi connectivity index (χ4n) is 1.29. The Labute approximate surface area is 103 Å². The number of para-hydroxylation sites is 1. The second kappa shape index (κ2) is 5.72. The molecule has 0 spiro atoms. The molecule has 0 fully saturated rings. The molecule has 1 rings (SSSR count). The first kappa shape index (κ1) is 15.0. The fraction of sp³-hybridized carbons (Fsp3) is 0.300. The van der Waals surface area contributed by atoms with E-state index in [1.54, 1.807) is 0 Å². The van der Waals surface area contributed by atoms with Crippen LogP contribution in [0.3, 0.4) is 0 Å². The fourth-order valence-corrected chi connectivity index (χ4v) is 1.29. The Morgan fingerprint density at radius 3 is 2.42 bits per heavy atom. The lowest BCUT2D eigenvalue weighted by atomic mass is 10.1. The number of carboxylic acid groups (broad SMARTS) is 1. The van der Waals surface area contributed by atoms with Crippen molar-refractivity contribution in [3.05, 3.63) is 23.8 Å². The van der Waals surface area contributed by atoms with Crippen molar-refractivity contribution in [1.29, 1.82) is 0 Å². The zero-order valence-corrected chi connectivity index (χ0v) is 9.08. The van der Waals surface area contributed by atoms with E-state index in [0.717, 1.165) is 18.2 Å². The van der Waals surface area contributed by atoms with Crippen molar-refractivity contribution in [1.82, 2.24) is 0 Å². The van der Waals surface area contributed by atoms with Crippen LogP contribution in [0.15, 0.2) is 18.2 Å². The van der Waals surface area contributed by atoms with E-state index in [1.165, 1.54) is 0 Å². The van der Waals surface area contributed by atoms with Gasteiger partial charge in [0.2, 0.25) is 0 Å². The first-order valence-corrected chi connectivity index (χ1v) is 4.73. The smallest absolute Gasteiger partial charge is 0.481 e. The molecule has 1 aromatic carbocycles. The molecule has 0 aromatic heterocycles. The molecule has 0 aliphatic rings. The summed E-state index contributed by atoms with van der Waals surface area (Å²) in [7, 11) is 0. The minimum absolute atomic E-state index is 0.352. The van der Waals surface area contributed by atoms with Gasteiger partial charge in [-0.05, 0) is 6.07 Å². The summed E-state index contributed by atoms with van der Waals surface area (Å²) in [6, 6.07) is 2.84. The predicted molar refractivity (Wildman–Crippen MR) is 51.1 cm³/mol. The lowest BCUT2D eigenvalue weighted by Crippen LogP contribution is -2.19. The molecule has 0 aliphatic carbocycles. The molecular formula is C10H7F5O4. The minimum atomic E-state index is -5.11. The van der Waals surface area contributed by atoms with E-state index >= 15 is 0 Å². The predicted octanol–water partition coefficient (Wildman–Crippen LogP) is 2.81. The molecule has 0 atom stereocenters. The molecule has 0 unspecified atom stereocenters. The highest BCUT2D eigenvalue weighted by atomic mass is 19.4. The van der Waals surface area contributed by atoms with Gasteiger partial charge in [-0.2, -0.15) is 8.78 Å². The molecule has 0 aliphatic heterocycles. The third kappa shape index (κ3) is 4.98. The normalized spacial score (nSPS) is 11.5. The van der Waals surface area contributed by atoms with Crippen LogP contribution in [-0.2, 0) is 11.2 Å². The van der Waals surface area contributed by atoms with E-state index in [2.05, 4.69) is 9.47 Å². The number of hydrogen-bond donors (Lipinski definition) is 1. The van der Waals surface area contributed by atoms with Gasteiger partial charge in [0.1, 0.15) is 0 Å². The van der Waals surface area contributed by atoms with E-state index in [4.69, 9.17) is 5.11 Å². The Kier molecular flexibility index (Phi) is 4.52. The van der Waals surface area contributed by atoms with E-state index in [0.29, 0.717) is 0 Å². The summed E-state index contributed by atoms with van der Waals surface area (Å²) in [5, 5.41) is 8.54. The molecular weight excluding hydrogens is 279 g/mol. The largest absolute Gasteiger partial charge is 0.573 e. The molecule has 9 heteroatoms. The van der Waals surface area contributed by atoms with Gasteiger partial charge in [-0.3, -0.25) is 4.79 Å². The lowest BCUT2D eigenvalue weighted by Gasteiger charge is -2.16. The second-order valence-corrected chi connectivity index (χ2v) is 3.24. The topological polar surface area (TPSA) is 55.8 Å². The molecule has 1 N–H and O–H groups in total. The molecule has 106 valence electrons. The molecule has 4 nitrogen and oxygen atoms in total. The lowest BCUT2D eigenvalue weighted by molar-refractivity contribution is -0.275. The summed E-state index contributed by atoms with van der Waals surface area (Å²) in [5.41, 5.74) is -0.352. The zero-order chi connectivity index (χ0) is 14.6. The Bertz CT molecular complexity index is 458. The van der Waals surface area contributed by atoms with Gasteiger partial charge < -0.3 is 14.6 Å². The minimum Gasteiger partial charge on any atom is -0.481 e. The van der Waals surface area contributed by atoms with Crippen LogP contribution in [-0.4, -0.2) is 24.0 Å². The molecule has 0 bridgehead atoms. The first-order valence-electron chi connectivity index (χ1n) is 4.73. The van der Waals surface area contributed by atoms with Crippen LogP contribution in [0.4, 0.5) is 22.0 Å². The number of halogens is 5. The highest BCUT2D eigenvalue weighted by molar-refractivity contribution is 5.72. The van der Waals surface area contributed by atoms with Crippen LogP contribution in [0.5, 0.6) is 11.5 Å². The van der Waals surface area contributed by atoms with Crippen molar-refractivity contribution in [2.45, 2.75) is 19.4 Å². The molecule has 19 heavy (non-hydrogen) atoms. The Morgan fingerprint density at radius 2 is 1.95 bits per heavy atom. The zero-order valence-electron chi connectivity index (χ0n) is 9.08. The summed E-state index contributed by atoms with van der Waals surface area (Å²) < 4.78 is 67.9. The van der Waals surface area contributed by atoms with Gasteiger partial charge >= 0.3 is 18.9 Å². The van der Waals surface area contributed by atoms with Crippen LogP contribution >= 0.6 is 0 Å². The number of carboxylic acids is 1. The third-order valence-electron chi connectivity index (χ3n) is 1.83. The van der Waals surface area contributed by atoms with Crippen LogP contribution < -0.4 is 9.47 Å². The summed E-state index contributed by atoms with van der Waals surface area (Å²) in [6.07, 6.45) is -5.89. The van der Waals surface area contributed by atoms with Crippen LogP contribution in [0, 0.1) is 0 Å². The van der Waals surface area contributed by atoms with Gasteiger partial charge in [-0.1, -0.05) is 12.1 Å². The molecule has 0 radical (unpaired) electrons. The monoisotopic (exact) mass is 286 g/mol. The Hall–Kier alpha value is -2.06. The standard InChI is InChI=1S/C10H7F5O4/c11-9(12)18-8-5(4-7(16)17)2-1-3-6(8)19-10(13,14)15/h1-3,9H,4H2,(H,16,17). The van der Waals surface area contributed by atoms with Gasteiger partial charge in [0, 0.05) is 5.56 Å². The summed E-state index contributed by atoms with van der Waals surface area (Å²) in [4.78, 5) is 10.5. The highest BCUT2D eigenvalue weighted by Gasteiger charge is 2.33. The average Bonchev–Trinajstić information content (AvgIpc) is 2.19. The molecule has 0 amide bonds. The number of carbonyl (C=O) groups is 1. The maximum Gasteiger partial charge on any atom is 0.573 e. The Morgan fingerprint density at radius 1 is 1.32 bits per heavy atom. The molecule has 1 aromatic rings. The van der Waals surface area contributed by atoms with Gasteiger partial charge in [0.05, 0.1) is 6.42 Å². The summed E-state index contributed by atoms with van der Waals surface area (Å²) >= 11 is 0. The molecule has 0 heterocycles. The number of alkyl halides is 5. The average molecular weight is 286 g/mol. The maximum absolute atomic E-state index is 12.1. The highest BCUT2D eigenvalue weighted by Crippen LogP contribution is 2.36. The summed E-state index contributed by atoms with van der Waals surface area (Å²) in [5.74, 6) is -3.38. The quantitative estimate of drug-likeness (QED) is 0.846. The number of benzene rings is 1. The van der Waals surface area contributed by atoms with Crippen molar-refractivity contribution in [3.63, 3.8) is 0 Å². The van der Waals surface area contributed by atoms with Gasteiger partial charge in [0.15, 0.2) is 11.5 Å². The number of hydrogen-bond acceptors (Lipinski definition) is 3. The number of ether oxygens (including phenoxy) is 2. The van der Waals surface area contributed by atoms with Crippen LogP contribution in [0.25, 0.3) is 0 Å². The number of aliphatic carboxylic acids is 1. The van der Waals surface area contributed by atoms with Crippen molar-refractivity contribution in [3.8, 4) is 11.5 Å². The van der Waals surface area contributed by atoms with E-state index in [1.807, 2.05) is 0 Å². The van der Waals surface area contributed by atoms with Gasteiger partial charge in [0.25, 0.3) is 0 Å². The van der Waals surface area contributed by atoms with Crippen molar-refractivity contribution in [2.75, 3.05) is 0 Å². The third-order valence-corrected chi connectivity index (χ3v) is 1.83. The van der Waals surface area contributed by atoms with Crippen LogP contribution in [0.2, 0.25) is 0 Å². The van der Waals surface area contributed by atoms with Crippen molar-refractivity contribution < 1.29 is 41.3 Å². The second-order valence-electron chi connectivity index (χ2n) is 3.24. The van der Waals surface area contributed by atoms with Crippen molar-refractivity contribution >= 4 is 5.97 Å². The van der Waals surface area contributed by atoms with E-state index in [9.17, 15) is 26.7 Å². The van der Waals surface area contributed by atoms with Gasteiger partial charge in [-0.25, -0.2) is 0 Å². The van der Waals surface area contributed by atoms with E-state index in [-0.39, 0.29) is 5.56 Å². The Balaban J connectivity index is 3.17. The van der Waals surface area contributed by atoms with Gasteiger partial charge in [-0.15, -0.1) is 13.2 Å². The first-order chi connectivity index (χ1) is 8.69.